The summed E-state index contributed by atoms with van der Waals surface area (Å²) in [6.07, 6.45) is 16.6. The first-order chi connectivity index (χ1) is 45.0. The first kappa shape index (κ1) is 72.8. The summed E-state index contributed by atoms with van der Waals surface area (Å²) >= 11 is 12.6. The number of amidine groups is 2. The van der Waals surface area contributed by atoms with Crippen molar-refractivity contribution in [2.75, 3.05) is 32.7 Å². The monoisotopic (exact) mass is 1340 g/mol. The molecule has 2 aliphatic rings. The van der Waals surface area contributed by atoms with E-state index in [9.17, 15) is 24.3 Å². The number of likely N-dealkylation sites (tertiary alicyclic amines) is 2. The summed E-state index contributed by atoms with van der Waals surface area (Å²) in [6, 6.07) is 26.7. The summed E-state index contributed by atoms with van der Waals surface area (Å²) in [5.74, 6) is 0.348. The molecule has 0 bridgehead atoms. The highest BCUT2D eigenvalue weighted by Crippen LogP contribution is 2.39. The average molecular weight is 1340 g/mol. The number of carbonyl (C=O) groups excluding carboxylic acids is 1. The Balaban J connectivity index is 0.000000241. The minimum atomic E-state index is -0.871. The van der Waals surface area contributed by atoms with E-state index >= 15 is 8.78 Å². The van der Waals surface area contributed by atoms with Crippen molar-refractivity contribution < 1.29 is 23.5 Å². The number of H-pyrrole nitrogens is 2. The van der Waals surface area contributed by atoms with Gasteiger partial charge in [-0.2, -0.15) is 9.97 Å². The number of carbonyl (C=O) groups is 2. The molecule has 1 amide bonds. The van der Waals surface area contributed by atoms with Gasteiger partial charge < -0.3 is 31.9 Å². The maximum absolute atomic E-state index is 15.2. The fourth-order valence-electron chi connectivity index (χ4n) is 13.2. The molecule has 0 spiro atoms. The molecule has 508 valence electrons. The number of nitrogens with one attached hydrogen (secondary N) is 3. The van der Waals surface area contributed by atoms with Crippen molar-refractivity contribution in [2.45, 2.75) is 170 Å². The number of aromatic nitrogens is 6. The van der Waals surface area contributed by atoms with Gasteiger partial charge in [0.25, 0.3) is 0 Å². The van der Waals surface area contributed by atoms with Crippen LogP contribution in [0.15, 0.2) is 117 Å². The highest BCUT2D eigenvalue weighted by molar-refractivity contribution is 6.31. The van der Waals surface area contributed by atoms with E-state index in [4.69, 9.17) is 34.7 Å². The number of aliphatic imine (C=N–C) groups is 2. The normalized spacial score (nSPS) is 17.3. The van der Waals surface area contributed by atoms with E-state index in [2.05, 4.69) is 80.0 Å². The van der Waals surface area contributed by atoms with Crippen LogP contribution < -0.4 is 28.2 Å². The molecular formula is C73H93Cl2F2N13O5. The van der Waals surface area contributed by atoms with Crippen LogP contribution in [0, 0.1) is 23.5 Å². The van der Waals surface area contributed by atoms with Crippen LogP contribution in [0.25, 0.3) is 56.0 Å². The second-order valence-corrected chi connectivity index (χ2v) is 26.8. The SMILES string of the molecule is C.CC(=O)NCCN1C(CCN=C(C)N)CCCC1c1ccc(-n2cc3cc(-c4cc(CCCC(C)C)cc(Cl)c4F)[nH]c3nc2=O)cc1.CC(N)=NCCC1CCCC(c2ccc(-n3cc4cc(-c5cc(CCCC(C)C)cc(Cl)c5F)[nH]c4nc3=O)cc2)N1CC(=O)O. The summed E-state index contributed by atoms with van der Waals surface area (Å²) in [5, 5.41) is 14.1. The van der Waals surface area contributed by atoms with Crippen LogP contribution in [0.3, 0.4) is 0 Å². The van der Waals surface area contributed by atoms with Crippen LogP contribution in [-0.2, 0) is 22.4 Å². The van der Waals surface area contributed by atoms with Gasteiger partial charge in [-0.05, 0) is 186 Å². The number of amides is 1. The lowest BCUT2D eigenvalue weighted by atomic mass is 9.89. The number of carboxylic acid groups (broad SMARTS) is 1. The number of rotatable bonds is 25. The molecule has 6 heterocycles. The number of nitrogens with zero attached hydrogens (tertiary/aromatic N) is 8. The van der Waals surface area contributed by atoms with Gasteiger partial charge in [-0.15, -0.1) is 0 Å². The molecule has 4 aromatic heterocycles. The summed E-state index contributed by atoms with van der Waals surface area (Å²) in [4.78, 5) is 77.8. The number of piperidine rings is 2. The van der Waals surface area contributed by atoms with Crippen molar-refractivity contribution in [3.63, 3.8) is 0 Å². The highest BCUT2D eigenvalue weighted by Gasteiger charge is 2.34. The molecule has 4 unspecified atom stereocenters. The summed E-state index contributed by atoms with van der Waals surface area (Å²) in [5.41, 5.74) is 18.4. The molecule has 18 nitrogen and oxygen atoms in total. The molecular weight excluding hydrogens is 1250 g/mol. The lowest BCUT2D eigenvalue weighted by Crippen LogP contribution is -2.45. The second-order valence-electron chi connectivity index (χ2n) is 26.0. The van der Waals surface area contributed by atoms with Crippen LogP contribution in [0.5, 0.6) is 0 Å². The van der Waals surface area contributed by atoms with Crippen LogP contribution in [-0.4, -0.2) is 112 Å². The van der Waals surface area contributed by atoms with Crippen LogP contribution in [0.2, 0.25) is 10.0 Å². The molecule has 0 aliphatic carbocycles. The second kappa shape index (κ2) is 33.6. The van der Waals surface area contributed by atoms with Gasteiger partial charge in [0.05, 0.1) is 51.0 Å². The first-order valence-corrected chi connectivity index (χ1v) is 33.7. The van der Waals surface area contributed by atoms with E-state index in [1.54, 1.807) is 44.4 Å². The van der Waals surface area contributed by atoms with E-state index in [1.165, 1.54) is 16.1 Å². The van der Waals surface area contributed by atoms with Crippen molar-refractivity contribution in [1.82, 2.24) is 44.2 Å². The molecule has 0 radical (unpaired) electrons. The van der Waals surface area contributed by atoms with Gasteiger partial charge in [0.15, 0.2) is 11.6 Å². The lowest BCUT2D eigenvalue weighted by Gasteiger charge is -2.42. The first-order valence-electron chi connectivity index (χ1n) is 32.9. The summed E-state index contributed by atoms with van der Waals surface area (Å²) in [6.45, 7) is 16.3. The average Bonchev–Trinajstić information content (AvgIpc) is 1.67. The zero-order chi connectivity index (χ0) is 67.3. The number of benzene rings is 4. The molecule has 4 aromatic carbocycles. The summed E-state index contributed by atoms with van der Waals surface area (Å²) < 4.78 is 33.4. The number of hydrogen-bond acceptors (Lipinski definition) is 10. The van der Waals surface area contributed by atoms with Crippen LogP contribution >= 0.6 is 23.2 Å². The van der Waals surface area contributed by atoms with Gasteiger partial charge >= 0.3 is 17.3 Å². The molecule has 95 heavy (non-hydrogen) atoms. The Morgan fingerprint density at radius 2 is 1.07 bits per heavy atom. The Morgan fingerprint density at radius 3 is 1.47 bits per heavy atom. The molecule has 2 saturated heterocycles. The Bertz CT molecular complexity index is 4120. The highest BCUT2D eigenvalue weighted by atomic mass is 35.5. The fourth-order valence-corrected chi connectivity index (χ4v) is 13.7. The molecule has 2 aliphatic heterocycles. The van der Waals surface area contributed by atoms with Gasteiger partial charge in [-0.25, -0.2) is 18.4 Å². The topological polar surface area (TPSA) is 251 Å². The van der Waals surface area contributed by atoms with E-state index in [-0.39, 0.29) is 48.0 Å². The maximum Gasteiger partial charge on any atom is 0.354 e. The number of hydrogen-bond donors (Lipinski definition) is 6. The number of aliphatic carboxylic acids is 1. The molecule has 22 heteroatoms. The molecule has 2 fully saturated rings. The Kier molecular flexibility index (Phi) is 25.7. The standard InChI is InChI=1S/C37H47ClFN7O2.C35H42ClFN6O3.CH4/c1-23(2)7-5-8-26-19-31(35(39)32(38)20-26)33-21-28-22-46(37(48)44-36(28)43-33)30-13-11-27(12-14-30)34-10-6-9-29(15-16-41-24(3)40)45(34)18-17-42-25(4)47;1-21(2)6-4-7-23-16-28(33(37)29(36)17-23)30-18-25-19-43(35(46)41-34(25)40-30)27-12-10-24(11-13-27)31-9-5-8-26(14-15-39-22(3)38)42(31)20-32(44)45;/h11-14,19-23,29,34H,5-10,15-18H2,1-4H3,(H2,40,41)(H,42,47)(H,43,44,48);10-13,16-19,21,26,31H,4-9,14-15,20H2,1-3H3,(H2,38,39)(H,44,45)(H,40,41,46);1H4. The van der Waals surface area contributed by atoms with Crippen molar-refractivity contribution >= 4 is 68.8 Å². The van der Waals surface area contributed by atoms with Crippen molar-refractivity contribution in [2.24, 2.45) is 33.3 Å². The van der Waals surface area contributed by atoms with Gasteiger partial charge in [0.1, 0.15) is 11.3 Å². The Labute approximate surface area is 565 Å². The zero-order valence-corrected chi connectivity index (χ0v) is 56.5. The van der Waals surface area contributed by atoms with Gasteiger partial charge in [0, 0.05) is 91.6 Å². The third-order valence-electron chi connectivity index (χ3n) is 17.9. The van der Waals surface area contributed by atoms with E-state index in [0.29, 0.717) is 105 Å². The van der Waals surface area contributed by atoms with Gasteiger partial charge in [-0.3, -0.25) is 38.5 Å². The quantitative estimate of drug-likeness (QED) is 0.0232. The Hall–Kier alpha value is -8.04. The molecule has 4 atom stereocenters. The van der Waals surface area contributed by atoms with Crippen molar-refractivity contribution in [3.05, 3.63) is 162 Å². The van der Waals surface area contributed by atoms with Crippen molar-refractivity contribution in [1.29, 1.82) is 0 Å². The van der Waals surface area contributed by atoms with Crippen molar-refractivity contribution in [3.8, 4) is 33.9 Å². The van der Waals surface area contributed by atoms with Crippen LogP contribution in [0.4, 0.5) is 8.78 Å². The van der Waals surface area contributed by atoms with Gasteiger partial charge in [0.2, 0.25) is 5.91 Å². The van der Waals surface area contributed by atoms with E-state index < -0.39 is 29.0 Å². The smallest absolute Gasteiger partial charge is 0.354 e. The van der Waals surface area contributed by atoms with E-state index in [0.717, 1.165) is 119 Å². The number of aromatic amines is 2. The Morgan fingerprint density at radius 1 is 0.653 bits per heavy atom. The number of fused-ring (bicyclic) bond motifs is 2. The predicted molar refractivity (Wildman–Crippen MR) is 381 cm³/mol. The molecule has 8 aromatic rings. The zero-order valence-electron chi connectivity index (χ0n) is 55.0. The predicted octanol–water partition coefficient (Wildman–Crippen LogP) is 14.5. The third kappa shape index (κ3) is 19.1. The number of halogens is 4. The number of aryl methyl sites for hydroxylation is 2. The number of carboxylic acids is 1. The number of nitrogens with two attached hydrogens (primary N) is 2. The maximum atomic E-state index is 15.2. The lowest BCUT2D eigenvalue weighted by molar-refractivity contribution is -0.140. The van der Waals surface area contributed by atoms with Crippen LogP contribution in [0.1, 0.15) is 167 Å². The molecule has 0 saturated carbocycles. The van der Waals surface area contributed by atoms with Gasteiger partial charge in [-0.1, -0.05) is 95.4 Å². The molecule has 10 rings (SSSR count). The molecule has 8 N–H and O–H groups in total. The third-order valence-corrected chi connectivity index (χ3v) is 18.4. The largest absolute Gasteiger partial charge is 0.480 e. The fraction of sp³-hybridized carbons (Fsp3) is 0.452. The minimum Gasteiger partial charge on any atom is -0.480 e. The summed E-state index contributed by atoms with van der Waals surface area (Å²) in [7, 11) is 0. The van der Waals surface area contributed by atoms with E-state index in [1.807, 2.05) is 59.5 Å². The minimum absolute atomic E-state index is 0.